The number of allylic oxidation sites excluding steroid dienone is 3. The average Bonchev–Trinajstić information content (AvgIpc) is 2.84. The largest absolute Gasteiger partial charge is 0.325 e. The Morgan fingerprint density at radius 1 is 0.947 bits per heavy atom. The van der Waals surface area contributed by atoms with Crippen molar-refractivity contribution in [3.8, 4) is 0 Å². The van der Waals surface area contributed by atoms with Crippen LogP contribution in [0.5, 0.6) is 0 Å². The van der Waals surface area contributed by atoms with Crippen LogP contribution in [0.4, 0.5) is 0 Å². The van der Waals surface area contributed by atoms with Gasteiger partial charge in [-0.1, -0.05) is 63.7 Å². The second-order valence-corrected chi connectivity index (χ2v) is 6.75. The molecule has 0 aromatic carbocycles. The first-order valence-corrected chi connectivity index (χ1v) is 8.30. The van der Waals surface area contributed by atoms with Crippen molar-refractivity contribution < 1.29 is 4.48 Å². The Hall–Kier alpha value is -0.560. The normalized spacial score (nSPS) is 15.0. The maximum absolute atomic E-state index is 2.38. The van der Waals surface area contributed by atoms with Gasteiger partial charge < -0.3 is 4.48 Å². The Bertz CT molecular complexity index is 286. The first-order valence-electron chi connectivity index (χ1n) is 8.30. The van der Waals surface area contributed by atoms with E-state index in [4.69, 9.17) is 0 Å². The average molecular weight is 264 g/mol. The van der Waals surface area contributed by atoms with Gasteiger partial charge in [-0.2, -0.15) is 0 Å². The maximum atomic E-state index is 2.38. The van der Waals surface area contributed by atoms with Crippen molar-refractivity contribution in [3.05, 3.63) is 23.8 Å². The summed E-state index contributed by atoms with van der Waals surface area (Å²) in [6.07, 6.45) is 19.3. The monoisotopic (exact) mass is 264 g/mol. The molecule has 0 aliphatic heterocycles. The van der Waals surface area contributed by atoms with E-state index >= 15 is 0 Å². The number of hydrogen-bond donors (Lipinski definition) is 0. The molecular weight excluding hydrogens is 230 g/mol. The first-order chi connectivity index (χ1) is 9.14. The molecule has 0 unspecified atom stereocenters. The molecule has 1 heteroatoms. The quantitative estimate of drug-likeness (QED) is 0.360. The SMILES string of the molecule is CCCCCCCCCC[N+](C)(C)CC1=CC=CC1. The molecule has 0 bridgehead atoms. The van der Waals surface area contributed by atoms with Gasteiger partial charge in [0.25, 0.3) is 0 Å². The van der Waals surface area contributed by atoms with E-state index in [1.165, 1.54) is 70.9 Å². The van der Waals surface area contributed by atoms with Crippen LogP contribution in [0.1, 0.15) is 64.7 Å². The van der Waals surface area contributed by atoms with Crippen LogP contribution in [0, 0.1) is 0 Å². The van der Waals surface area contributed by atoms with Crippen molar-refractivity contribution in [2.24, 2.45) is 0 Å². The fraction of sp³-hybridized carbons (Fsp3) is 0.778. The molecule has 0 atom stereocenters. The minimum absolute atomic E-state index is 1.16. The van der Waals surface area contributed by atoms with Crippen LogP contribution in [-0.2, 0) is 0 Å². The molecule has 1 aliphatic rings. The summed E-state index contributed by atoms with van der Waals surface area (Å²) in [6, 6.07) is 0. The summed E-state index contributed by atoms with van der Waals surface area (Å²) in [5, 5.41) is 0. The third kappa shape index (κ3) is 8.26. The van der Waals surface area contributed by atoms with Gasteiger partial charge >= 0.3 is 0 Å². The first kappa shape index (κ1) is 16.5. The zero-order valence-electron chi connectivity index (χ0n) is 13.5. The summed E-state index contributed by atoms with van der Waals surface area (Å²) in [4.78, 5) is 0. The molecule has 0 heterocycles. The van der Waals surface area contributed by atoms with Crippen LogP contribution in [0.2, 0.25) is 0 Å². The van der Waals surface area contributed by atoms with Gasteiger partial charge in [-0.3, -0.25) is 0 Å². The predicted octanol–water partition coefficient (Wildman–Crippen LogP) is 5.09. The van der Waals surface area contributed by atoms with Gasteiger partial charge in [0.05, 0.1) is 20.6 Å². The highest BCUT2D eigenvalue weighted by atomic mass is 15.3. The number of hydrogen-bond acceptors (Lipinski definition) is 0. The van der Waals surface area contributed by atoms with Crippen LogP contribution in [-0.4, -0.2) is 31.7 Å². The summed E-state index contributed by atoms with van der Waals surface area (Å²) in [6.45, 7) is 4.84. The summed E-state index contributed by atoms with van der Waals surface area (Å²) in [5.41, 5.74) is 1.60. The van der Waals surface area contributed by atoms with E-state index in [1.54, 1.807) is 5.57 Å². The maximum Gasteiger partial charge on any atom is 0.100 e. The molecule has 0 spiro atoms. The molecule has 1 rings (SSSR count). The lowest BCUT2D eigenvalue weighted by atomic mass is 10.1. The highest BCUT2D eigenvalue weighted by molar-refractivity contribution is 5.23. The molecule has 0 N–H and O–H groups in total. The van der Waals surface area contributed by atoms with Crippen molar-refractivity contribution in [2.75, 3.05) is 27.2 Å². The number of quaternary nitrogens is 1. The van der Waals surface area contributed by atoms with Crippen LogP contribution < -0.4 is 0 Å². The lowest BCUT2D eigenvalue weighted by Gasteiger charge is -2.30. The van der Waals surface area contributed by atoms with Gasteiger partial charge in [-0.15, -0.1) is 0 Å². The van der Waals surface area contributed by atoms with Crippen molar-refractivity contribution in [1.82, 2.24) is 0 Å². The van der Waals surface area contributed by atoms with E-state index in [2.05, 4.69) is 39.2 Å². The molecule has 0 radical (unpaired) electrons. The van der Waals surface area contributed by atoms with E-state index < -0.39 is 0 Å². The number of unbranched alkanes of at least 4 members (excludes halogenated alkanes) is 7. The molecule has 0 aromatic rings. The topological polar surface area (TPSA) is 0 Å². The van der Waals surface area contributed by atoms with E-state index in [-0.39, 0.29) is 0 Å². The standard InChI is InChI=1S/C18H34N/c1-4-5-6-7-8-9-10-13-16-19(2,3)17-18-14-11-12-15-18/h11-12,14H,4-10,13,15-17H2,1-3H3/q+1. The fourth-order valence-electron chi connectivity index (χ4n) is 2.91. The number of likely N-dealkylation sites (N-methyl/N-ethyl adjacent to an activating group) is 1. The molecular formula is C18H34N+. The Morgan fingerprint density at radius 2 is 1.58 bits per heavy atom. The lowest BCUT2D eigenvalue weighted by molar-refractivity contribution is -0.885. The van der Waals surface area contributed by atoms with Crippen LogP contribution >= 0.6 is 0 Å². The van der Waals surface area contributed by atoms with Gasteiger partial charge in [0, 0.05) is 0 Å². The van der Waals surface area contributed by atoms with Crippen molar-refractivity contribution in [1.29, 1.82) is 0 Å². The molecule has 0 aromatic heterocycles. The van der Waals surface area contributed by atoms with E-state index in [0.717, 1.165) is 4.48 Å². The van der Waals surface area contributed by atoms with Gasteiger partial charge in [-0.05, 0) is 24.8 Å². The molecule has 0 amide bonds. The minimum Gasteiger partial charge on any atom is -0.325 e. The zero-order valence-corrected chi connectivity index (χ0v) is 13.5. The van der Waals surface area contributed by atoms with Crippen molar-refractivity contribution in [3.63, 3.8) is 0 Å². The second kappa shape index (κ2) is 9.36. The van der Waals surface area contributed by atoms with Crippen molar-refractivity contribution in [2.45, 2.75) is 64.7 Å². The number of rotatable bonds is 11. The summed E-state index contributed by atoms with van der Waals surface area (Å²) < 4.78 is 1.16. The van der Waals surface area contributed by atoms with Crippen LogP contribution in [0.3, 0.4) is 0 Å². The summed E-state index contributed by atoms with van der Waals surface area (Å²) in [7, 11) is 4.75. The van der Waals surface area contributed by atoms with Crippen LogP contribution in [0.25, 0.3) is 0 Å². The fourth-order valence-corrected chi connectivity index (χ4v) is 2.91. The van der Waals surface area contributed by atoms with Crippen LogP contribution in [0.15, 0.2) is 23.8 Å². The highest BCUT2D eigenvalue weighted by Crippen LogP contribution is 2.16. The Labute approximate surface area is 121 Å². The third-order valence-corrected chi connectivity index (χ3v) is 4.10. The Balaban J connectivity index is 1.98. The molecule has 0 saturated carbocycles. The van der Waals surface area contributed by atoms with E-state index in [1.807, 2.05) is 0 Å². The van der Waals surface area contributed by atoms with E-state index in [9.17, 15) is 0 Å². The number of nitrogens with zero attached hydrogens (tertiary/aromatic N) is 1. The Kier molecular flexibility index (Phi) is 8.13. The summed E-state index contributed by atoms with van der Waals surface area (Å²) >= 11 is 0. The predicted molar refractivity (Wildman–Crippen MR) is 86.3 cm³/mol. The van der Waals surface area contributed by atoms with Gasteiger partial charge in [0.15, 0.2) is 0 Å². The molecule has 19 heavy (non-hydrogen) atoms. The molecule has 110 valence electrons. The minimum atomic E-state index is 1.16. The second-order valence-electron chi connectivity index (χ2n) is 6.75. The zero-order chi connectivity index (χ0) is 14.0. The van der Waals surface area contributed by atoms with Gasteiger partial charge in [-0.25, -0.2) is 0 Å². The lowest BCUT2D eigenvalue weighted by Crippen LogP contribution is -2.41. The molecule has 1 nitrogen and oxygen atoms in total. The van der Waals surface area contributed by atoms with Crippen molar-refractivity contribution >= 4 is 0 Å². The Morgan fingerprint density at radius 3 is 2.16 bits per heavy atom. The summed E-state index contributed by atoms with van der Waals surface area (Å²) in [5.74, 6) is 0. The third-order valence-electron chi connectivity index (χ3n) is 4.10. The molecule has 0 saturated heterocycles. The van der Waals surface area contributed by atoms with E-state index in [0.29, 0.717) is 0 Å². The molecule has 1 aliphatic carbocycles. The van der Waals surface area contributed by atoms with Gasteiger partial charge in [0.1, 0.15) is 6.54 Å². The smallest absolute Gasteiger partial charge is 0.100 e. The highest BCUT2D eigenvalue weighted by Gasteiger charge is 2.17. The van der Waals surface area contributed by atoms with Gasteiger partial charge in [0.2, 0.25) is 0 Å². The molecule has 0 fully saturated rings.